The summed E-state index contributed by atoms with van der Waals surface area (Å²) in [4.78, 5) is 14.4. The molecule has 0 radical (unpaired) electrons. The zero-order valence-corrected chi connectivity index (χ0v) is 22.8. The summed E-state index contributed by atoms with van der Waals surface area (Å²) in [7, 11) is 0. The van der Waals surface area contributed by atoms with Crippen LogP contribution in [0.1, 0.15) is 51.7 Å². The van der Waals surface area contributed by atoms with E-state index < -0.39 is 5.60 Å². The second-order valence-electron chi connectivity index (χ2n) is 10.8. The molecule has 38 heavy (non-hydrogen) atoms. The number of likely N-dealkylation sites (tertiary alicyclic amines) is 1. The van der Waals surface area contributed by atoms with Gasteiger partial charge in [-0.1, -0.05) is 49.4 Å². The van der Waals surface area contributed by atoms with E-state index in [1.54, 1.807) is 17.0 Å². The van der Waals surface area contributed by atoms with Gasteiger partial charge in [-0.05, 0) is 74.9 Å². The number of hydrogen-bond acceptors (Lipinski definition) is 4. The quantitative estimate of drug-likeness (QED) is 0.307. The average molecular weight is 520 g/mol. The van der Waals surface area contributed by atoms with Crippen molar-refractivity contribution in [2.75, 3.05) is 19.7 Å². The van der Waals surface area contributed by atoms with Crippen molar-refractivity contribution in [2.45, 2.75) is 59.2 Å². The van der Waals surface area contributed by atoms with E-state index in [0.29, 0.717) is 32.1 Å². The minimum atomic E-state index is -0.515. The van der Waals surface area contributed by atoms with Gasteiger partial charge < -0.3 is 19.1 Å². The topological polar surface area (TPSA) is 48.0 Å². The standard InChI is InChI=1S/C32H38FNO4/c1-5-25-18-28(26-13-15-27(33)16-14-26)30(37-21-23-10-7-6-8-11-23)19-29(25)36-22-24-12-9-17-34(20-24)31(35)38-32(2,3)4/h6-8,10-11,13-16,18-19,24H,5,9,12,17,20-22H2,1-4H3. The number of amides is 1. The average Bonchev–Trinajstić information content (AvgIpc) is 2.91. The summed E-state index contributed by atoms with van der Waals surface area (Å²) >= 11 is 0. The van der Waals surface area contributed by atoms with Gasteiger partial charge in [0.2, 0.25) is 0 Å². The van der Waals surface area contributed by atoms with Crippen molar-refractivity contribution in [1.82, 2.24) is 4.90 Å². The molecule has 1 heterocycles. The monoisotopic (exact) mass is 519 g/mol. The lowest BCUT2D eigenvalue weighted by Gasteiger charge is -2.34. The van der Waals surface area contributed by atoms with E-state index in [2.05, 4.69) is 13.0 Å². The summed E-state index contributed by atoms with van der Waals surface area (Å²) in [5, 5.41) is 0. The summed E-state index contributed by atoms with van der Waals surface area (Å²) in [6, 6.07) is 20.5. The van der Waals surface area contributed by atoms with E-state index in [1.165, 1.54) is 12.1 Å². The van der Waals surface area contributed by atoms with Crippen LogP contribution in [0.25, 0.3) is 11.1 Å². The van der Waals surface area contributed by atoms with Crippen molar-refractivity contribution >= 4 is 6.09 Å². The van der Waals surface area contributed by atoms with Crippen molar-refractivity contribution in [1.29, 1.82) is 0 Å². The summed E-state index contributed by atoms with van der Waals surface area (Å²) in [5.74, 6) is 1.40. The molecule has 0 aromatic heterocycles. The Labute approximate surface area is 225 Å². The van der Waals surface area contributed by atoms with Gasteiger partial charge in [-0.2, -0.15) is 0 Å². The molecule has 0 spiro atoms. The molecular weight excluding hydrogens is 481 g/mol. The highest BCUT2D eigenvalue weighted by Crippen LogP contribution is 2.37. The van der Waals surface area contributed by atoms with Gasteiger partial charge >= 0.3 is 6.09 Å². The van der Waals surface area contributed by atoms with Crippen molar-refractivity contribution in [2.24, 2.45) is 5.92 Å². The van der Waals surface area contributed by atoms with Crippen LogP contribution in [-0.4, -0.2) is 36.3 Å². The third kappa shape index (κ3) is 7.50. The van der Waals surface area contributed by atoms with Gasteiger partial charge in [0.1, 0.15) is 29.5 Å². The van der Waals surface area contributed by atoms with E-state index in [-0.39, 0.29) is 17.8 Å². The Morgan fingerprint density at radius 2 is 1.74 bits per heavy atom. The highest BCUT2D eigenvalue weighted by Gasteiger charge is 2.28. The van der Waals surface area contributed by atoms with E-state index in [0.717, 1.165) is 47.3 Å². The first-order valence-electron chi connectivity index (χ1n) is 13.4. The summed E-state index contributed by atoms with van der Waals surface area (Å²) in [5.41, 5.74) is 3.38. The first-order chi connectivity index (χ1) is 18.2. The third-order valence-corrected chi connectivity index (χ3v) is 6.58. The Morgan fingerprint density at radius 1 is 1.00 bits per heavy atom. The minimum absolute atomic E-state index is 0.214. The van der Waals surface area contributed by atoms with Crippen LogP contribution in [-0.2, 0) is 17.8 Å². The predicted octanol–water partition coefficient (Wildman–Crippen LogP) is 7.66. The fourth-order valence-corrected chi connectivity index (χ4v) is 4.63. The van der Waals surface area contributed by atoms with Gasteiger partial charge in [-0.3, -0.25) is 0 Å². The maximum atomic E-state index is 13.6. The molecule has 1 aliphatic rings. The van der Waals surface area contributed by atoms with Crippen LogP contribution in [0.3, 0.4) is 0 Å². The Balaban J connectivity index is 1.53. The molecule has 0 aliphatic carbocycles. The number of nitrogens with zero attached hydrogens (tertiary/aromatic N) is 1. The Kier molecular flexibility index (Phi) is 8.93. The molecule has 1 atom stereocenters. The molecule has 0 N–H and O–H groups in total. The van der Waals surface area contributed by atoms with E-state index in [1.807, 2.05) is 57.2 Å². The van der Waals surface area contributed by atoms with Gasteiger partial charge in [-0.15, -0.1) is 0 Å². The number of hydrogen-bond donors (Lipinski definition) is 0. The molecule has 202 valence electrons. The number of aryl methyl sites for hydroxylation is 1. The Bertz CT molecular complexity index is 1200. The van der Waals surface area contributed by atoms with Crippen LogP contribution in [0.2, 0.25) is 0 Å². The normalized spacial score (nSPS) is 15.7. The van der Waals surface area contributed by atoms with Crippen molar-refractivity contribution in [3.05, 3.63) is 83.7 Å². The number of ether oxygens (including phenoxy) is 3. The lowest BCUT2D eigenvalue weighted by Crippen LogP contribution is -2.44. The van der Waals surface area contributed by atoms with E-state index >= 15 is 0 Å². The maximum absolute atomic E-state index is 13.6. The van der Waals surface area contributed by atoms with E-state index in [9.17, 15) is 9.18 Å². The van der Waals surface area contributed by atoms with Gasteiger partial charge in [0.25, 0.3) is 0 Å². The molecule has 5 nitrogen and oxygen atoms in total. The molecule has 1 unspecified atom stereocenters. The second kappa shape index (κ2) is 12.3. The minimum Gasteiger partial charge on any atom is -0.493 e. The van der Waals surface area contributed by atoms with Crippen LogP contribution in [0.4, 0.5) is 9.18 Å². The first kappa shape index (κ1) is 27.5. The fraction of sp³-hybridized carbons (Fsp3) is 0.406. The first-order valence-corrected chi connectivity index (χ1v) is 13.4. The number of benzene rings is 3. The Hall–Kier alpha value is -3.54. The number of halogens is 1. The van der Waals surface area contributed by atoms with Gasteiger partial charge in [-0.25, -0.2) is 9.18 Å². The van der Waals surface area contributed by atoms with Gasteiger partial charge in [0.05, 0.1) is 6.61 Å². The number of carbonyl (C=O) groups is 1. The molecule has 0 bridgehead atoms. The van der Waals surface area contributed by atoms with Crippen LogP contribution >= 0.6 is 0 Å². The summed E-state index contributed by atoms with van der Waals surface area (Å²) in [6.07, 6.45) is 2.42. The maximum Gasteiger partial charge on any atom is 0.410 e. The highest BCUT2D eigenvalue weighted by atomic mass is 19.1. The molecule has 1 saturated heterocycles. The molecule has 1 amide bonds. The molecular formula is C32H38FNO4. The SMILES string of the molecule is CCc1cc(-c2ccc(F)cc2)c(OCc2ccccc2)cc1OCC1CCCN(C(=O)OC(C)(C)C)C1. The van der Waals surface area contributed by atoms with Crippen molar-refractivity contribution in [3.8, 4) is 22.6 Å². The third-order valence-electron chi connectivity index (χ3n) is 6.58. The molecule has 6 heteroatoms. The number of carbonyl (C=O) groups excluding carboxylic acids is 1. The molecule has 1 fully saturated rings. The van der Waals surface area contributed by atoms with Crippen molar-refractivity contribution < 1.29 is 23.4 Å². The lowest BCUT2D eigenvalue weighted by molar-refractivity contribution is 0.0139. The second-order valence-corrected chi connectivity index (χ2v) is 10.8. The zero-order chi connectivity index (χ0) is 27.1. The lowest BCUT2D eigenvalue weighted by atomic mass is 9.98. The highest BCUT2D eigenvalue weighted by molar-refractivity contribution is 5.73. The molecule has 1 aliphatic heterocycles. The van der Waals surface area contributed by atoms with E-state index in [4.69, 9.17) is 14.2 Å². The van der Waals surface area contributed by atoms with Crippen LogP contribution in [0.5, 0.6) is 11.5 Å². The van der Waals surface area contributed by atoms with Crippen molar-refractivity contribution in [3.63, 3.8) is 0 Å². The Morgan fingerprint density at radius 3 is 2.42 bits per heavy atom. The molecule has 3 aromatic rings. The van der Waals surface area contributed by atoms with Crippen LogP contribution in [0, 0.1) is 11.7 Å². The summed E-state index contributed by atoms with van der Waals surface area (Å²) in [6.45, 7) is 9.97. The molecule has 0 saturated carbocycles. The van der Waals surface area contributed by atoms with Crippen LogP contribution in [0.15, 0.2) is 66.7 Å². The predicted molar refractivity (Wildman–Crippen MR) is 148 cm³/mol. The zero-order valence-electron chi connectivity index (χ0n) is 22.8. The molecule has 3 aromatic carbocycles. The van der Waals surface area contributed by atoms with Gasteiger partial charge in [0, 0.05) is 30.6 Å². The smallest absolute Gasteiger partial charge is 0.410 e. The van der Waals surface area contributed by atoms with Gasteiger partial charge in [0.15, 0.2) is 0 Å². The fourth-order valence-electron chi connectivity index (χ4n) is 4.63. The number of rotatable bonds is 8. The summed E-state index contributed by atoms with van der Waals surface area (Å²) < 4.78 is 31.9. The van der Waals surface area contributed by atoms with Crippen LogP contribution < -0.4 is 9.47 Å². The number of piperidine rings is 1. The molecule has 4 rings (SSSR count). The largest absolute Gasteiger partial charge is 0.493 e.